The topological polar surface area (TPSA) is 117 Å². The van der Waals surface area contributed by atoms with Gasteiger partial charge in [-0.2, -0.15) is 5.10 Å². The highest BCUT2D eigenvalue weighted by Gasteiger charge is 2.12. The number of hydrazone groups is 1. The molecule has 25 heavy (non-hydrogen) atoms. The minimum atomic E-state index is -1.07. The summed E-state index contributed by atoms with van der Waals surface area (Å²) in [6.45, 7) is -0.431. The summed E-state index contributed by atoms with van der Waals surface area (Å²) in [5, 5.41) is 14.6. The summed E-state index contributed by atoms with van der Waals surface area (Å²) in [7, 11) is 0. The van der Waals surface area contributed by atoms with Gasteiger partial charge in [-0.15, -0.1) is 0 Å². The number of rotatable bonds is 6. The molecule has 2 rings (SSSR count). The summed E-state index contributed by atoms with van der Waals surface area (Å²) in [6.07, 6.45) is 1.34. The summed E-state index contributed by atoms with van der Waals surface area (Å²) >= 11 is 0. The number of hydrogen-bond acceptors (Lipinski definition) is 5. The largest absolute Gasteiger partial charge is 0.482 e. The van der Waals surface area contributed by atoms with E-state index in [2.05, 4.69) is 15.8 Å². The van der Waals surface area contributed by atoms with Crippen LogP contribution in [-0.2, 0) is 14.4 Å². The number of carbonyl (C=O) groups excluding carboxylic acids is 2. The zero-order valence-corrected chi connectivity index (χ0v) is 13.0. The number of nitrogens with zero attached hydrogens (tertiary/aromatic N) is 1. The third-order valence-corrected chi connectivity index (χ3v) is 2.86. The Morgan fingerprint density at radius 3 is 2.32 bits per heavy atom. The number of amides is 2. The fourth-order valence-corrected chi connectivity index (χ4v) is 1.72. The summed E-state index contributed by atoms with van der Waals surface area (Å²) in [6, 6.07) is 14.9. The van der Waals surface area contributed by atoms with Crippen molar-refractivity contribution in [1.29, 1.82) is 0 Å². The van der Waals surface area contributed by atoms with Crippen LogP contribution in [0.3, 0.4) is 0 Å². The number of carboxylic acid groups (broad SMARTS) is 1. The molecule has 2 aromatic carbocycles. The Hall–Kier alpha value is -3.68. The van der Waals surface area contributed by atoms with Gasteiger partial charge in [-0.1, -0.05) is 18.2 Å². The lowest BCUT2D eigenvalue weighted by Gasteiger charge is -2.03. The van der Waals surface area contributed by atoms with Crippen molar-refractivity contribution in [3.63, 3.8) is 0 Å². The van der Waals surface area contributed by atoms with Gasteiger partial charge in [-0.25, -0.2) is 10.2 Å². The van der Waals surface area contributed by atoms with Gasteiger partial charge in [-0.3, -0.25) is 9.59 Å². The van der Waals surface area contributed by atoms with E-state index in [1.807, 2.05) is 0 Å². The zero-order valence-electron chi connectivity index (χ0n) is 13.0. The van der Waals surface area contributed by atoms with Crippen LogP contribution in [0.15, 0.2) is 59.7 Å². The first-order chi connectivity index (χ1) is 12.0. The highest BCUT2D eigenvalue weighted by atomic mass is 16.5. The summed E-state index contributed by atoms with van der Waals surface area (Å²) in [4.78, 5) is 33.7. The van der Waals surface area contributed by atoms with Crippen molar-refractivity contribution < 1.29 is 24.2 Å². The summed E-state index contributed by atoms with van der Waals surface area (Å²) < 4.78 is 4.99. The van der Waals surface area contributed by atoms with Gasteiger partial charge in [0.15, 0.2) is 6.61 Å². The SMILES string of the molecule is O=C(O)COc1ccc(C=NNC(=O)C(=O)Nc2ccccc2)cc1. The van der Waals surface area contributed by atoms with Crippen LogP contribution < -0.4 is 15.5 Å². The molecule has 8 heteroatoms. The standard InChI is InChI=1S/C17H15N3O5/c21-15(22)11-25-14-8-6-12(7-9-14)10-18-20-17(24)16(23)19-13-4-2-1-3-5-13/h1-10H,11H2,(H,19,23)(H,20,24)(H,21,22). The first-order valence-electron chi connectivity index (χ1n) is 7.18. The maximum absolute atomic E-state index is 11.7. The molecule has 0 aliphatic heterocycles. The number of carboxylic acids is 1. The number of hydrogen-bond donors (Lipinski definition) is 3. The summed E-state index contributed by atoms with van der Waals surface area (Å²) in [5.41, 5.74) is 3.25. The molecular formula is C17H15N3O5. The molecule has 0 spiro atoms. The first kappa shape index (κ1) is 17.7. The Bertz CT molecular complexity index is 773. The number of aliphatic carboxylic acids is 1. The first-order valence-corrected chi connectivity index (χ1v) is 7.18. The molecule has 128 valence electrons. The average molecular weight is 341 g/mol. The van der Waals surface area contributed by atoms with Crippen LogP contribution in [0.25, 0.3) is 0 Å². The predicted molar refractivity (Wildman–Crippen MR) is 90.4 cm³/mol. The van der Waals surface area contributed by atoms with Crippen LogP contribution in [0.5, 0.6) is 5.75 Å². The molecule has 0 heterocycles. The van der Waals surface area contributed by atoms with E-state index >= 15 is 0 Å². The van der Waals surface area contributed by atoms with Crippen molar-refractivity contribution in [2.75, 3.05) is 11.9 Å². The molecule has 0 aliphatic carbocycles. The molecule has 0 radical (unpaired) electrons. The average Bonchev–Trinajstić information content (AvgIpc) is 2.61. The van der Waals surface area contributed by atoms with Crippen LogP contribution >= 0.6 is 0 Å². The van der Waals surface area contributed by atoms with E-state index in [-0.39, 0.29) is 0 Å². The molecule has 0 unspecified atom stereocenters. The second-order valence-corrected chi connectivity index (χ2v) is 4.77. The number of nitrogens with one attached hydrogen (secondary N) is 2. The van der Waals surface area contributed by atoms with Gasteiger partial charge in [0.2, 0.25) is 0 Å². The van der Waals surface area contributed by atoms with Crippen LogP contribution in [-0.4, -0.2) is 35.7 Å². The number of benzene rings is 2. The van der Waals surface area contributed by atoms with E-state index in [0.29, 0.717) is 17.0 Å². The van der Waals surface area contributed by atoms with Gasteiger partial charge in [0, 0.05) is 5.69 Å². The van der Waals surface area contributed by atoms with E-state index in [1.54, 1.807) is 54.6 Å². The van der Waals surface area contributed by atoms with Crippen molar-refractivity contribution in [2.45, 2.75) is 0 Å². The van der Waals surface area contributed by atoms with E-state index in [9.17, 15) is 14.4 Å². The Labute approximate surface area is 143 Å². The Kier molecular flexibility index (Phi) is 6.24. The zero-order chi connectivity index (χ0) is 18.1. The molecular weight excluding hydrogens is 326 g/mol. The number of anilines is 1. The lowest BCUT2D eigenvalue weighted by atomic mass is 10.2. The van der Waals surface area contributed by atoms with Crippen LogP contribution in [0.2, 0.25) is 0 Å². The van der Waals surface area contributed by atoms with Crippen molar-refractivity contribution in [3.05, 3.63) is 60.2 Å². The molecule has 0 aromatic heterocycles. The van der Waals surface area contributed by atoms with Gasteiger partial charge in [0.1, 0.15) is 5.75 Å². The molecule has 8 nitrogen and oxygen atoms in total. The second-order valence-electron chi connectivity index (χ2n) is 4.77. The Balaban J connectivity index is 1.82. The minimum Gasteiger partial charge on any atom is -0.482 e. The number of carbonyl (C=O) groups is 3. The van der Waals surface area contributed by atoms with Crippen LogP contribution in [0, 0.1) is 0 Å². The molecule has 0 bridgehead atoms. The van der Waals surface area contributed by atoms with Gasteiger partial charge < -0.3 is 15.2 Å². The Morgan fingerprint density at radius 2 is 1.68 bits per heavy atom. The van der Waals surface area contributed by atoms with E-state index < -0.39 is 24.4 Å². The van der Waals surface area contributed by atoms with Crippen molar-refractivity contribution in [1.82, 2.24) is 5.43 Å². The molecule has 0 atom stereocenters. The van der Waals surface area contributed by atoms with Crippen molar-refractivity contribution in [2.24, 2.45) is 5.10 Å². The summed E-state index contributed by atoms with van der Waals surface area (Å²) in [5.74, 6) is -2.41. The van der Waals surface area contributed by atoms with Gasteiger partial charge in [-0.05, 0) is 42.0 Å². The highest BCUT2D eigenvalue weighted by molar-refractivity contribution is 6.39. The third kappa shape index (κ3) is 6.14. The van der Waals surface area contributed by atoms with Crippen LogP contribution in [0.1, 0.15) is 5.56 Å². The molecule has 0 saturated heterocycles. The smallest absolute Gasteiger partial charge is 0.341 e. The van der Waals surface area contributed by atoms with Crippen molar-refractivity contribution >= 4 is 29.7 Å². The quantitative estimate of drug-likeness (QED) is 0.415. The number of ether oxygens (including phenoxy) is 1. The Morgan fingerprint density at radius 1 is 1.00 bits per heavy atom. The van der Waals surface area contributed by atoms with E-state index in [4.69, 9.17) is 9.84 Å². The van der Waals surface area contributed by atoms with Crippen LogP contribution in [0.4, 0.5) is 5.69 Å². The molecule has 0 aliphatic rings. The van der Waals surface area contributed by atoms with E-state index in [1.165, 1.54) is 6.21 Å². The van der Waals surface area contributed by atoms with Gasteiger partial charge in [0.25, 0.3) is 0 Å². The lowest BCUT2D eigenvalue weighted by molar-refractivity contribution is -0.139. The monoisotopic (exact) mass is 341 g/mol. The van der Waals surface area contributed by atoms with Gasteiger partial charge >= 0.3 is 17.8 Å². The molecule has 3 N–H and O–H groups in total. The second kappa shape index (κ2) is 8.82. The minimum absolute atomic E-state index is 0.394. The lowest BCUT2D eigenvalue weighted by Crippen LogP contribution is -2.32. The molecule has 2 amide bonds. The van der Waals surface area contributed by atoms with Gasteiger partial charge in [0.05, 0.1) is 6.21 Å². The maximum atomic E-state index is 11.7. The molecule has 0 saturated carbocycles. The number of para-hydroxylation sites is 1. The highest BCUT2D eigenvalue weighted by Crippen LogP contribution is 2.10. The third-order valence-electron chi connectivity index (χ3n) is 2.86. The molecule has 0 fully saturated rings. The normalized spacial score (nSPS) is 10.2. The predicted octanol–water partition coefficient (Wildman–Crippen LogP) is 1.24. The van der Waals surface area contributed by atoms with Crippen molar-refractivity contribution in [3.8, 4) is 5.75 Å². The fraction of sp³-hybridized carbons (Fsp3) is 0.0588. The molecule has 2 aromatic rings. The fourth-order valence-electron chi connectivity index (χ4n) is 1.72. The maximum Gasteiger partial charge on any atom is 0.341 e. The van der Waals surface area contributed by atoms with E-state index in [0.717, 1.165) is 0 Å².